The molecule has 108 valence electrons. The number of nitrogens with zero attached hydrogens (tertiary/aromatic N) is 2. The topological polar surface area (TPSA) is 59.0 Å². The molecule has 0 fully saturated rings. The first kappa shape index (κ1) is 13.9. The van der Waals surface area contributed by atoms with Crippen LogP contribution in [0, 0.1) is 11.3 Å². The van der Waals surface area contributed by atoms with Gasteiger partial charge >= 0.3 is 0 Å². The zero-order chi connectivity index (χ0) is 15.4. The zero-order valence-corrected chi connectivity index (χ0v) is 12.1. The lowest BCUT2D eigenvalue weighted by Crippen LogP contribution is -1.90. The number of rotatable bonds is 4. The monoisotopic (exact) mass is 290 g/mol. The summed E-state index contributed by atoms with van der Waals surface area (Å²) < 4.78 is 10.8. The summed E-state index contributed by atoms with van der Waals surface area (Å²) in [6.45, 7) is 2.60. The van der Waals surface area contributed by atoms with Crippen LogP contribution in [0.4, 0.5) is 0 Å². The van der Waals surface area contributed by atoms with Gasteiger partial charge in [0, 0.05) is 17.2 Å². The molecule has 0 unspecified atom stereocenters. The lowest BCUT2D eigenvalue weighted by atomic mass is 10.1. The van der Waals surface area contributed by atoms with E-state index in [9.17, 15) is 0 Å². The van der Waals surface area contributed by atoms with Crippen molar-refractivity contribution in [1.82, 2.24) is 5.16 Å². The van der Waals surface area contributed by atoms with E-state index in [0.717, 1.165) is 22.6 Å². The summed E-state index contributed by atoms with van der Waals surface area (Å²) >= 11 is 0. The minimum absolute atomic E-state index is 0.620. The molecule has 22 heavy (non-hydrogen) atoms. The van der Waals surface area contributed by atoms with Crippen molar-refractivity contribution in [3.05, 3.63) is 60.2 Å². The number of ether oxygens (including phenoxy) is 1. The van der Waals surface area contributed by atoms with E-state index in [-0.39, 0.29) is 0 Å². The summed E-state index contributed by atoms with van der Waals surface area (Å²) in [5, 5.41) is 12.9. The molecular weight excluding hydrogens is 276 g/mol. The van der Waals surface area contributed by atoms with Gasteiger partial charge in [0.1, 0.15) is 11.4 Å². The van der Waals surface area contributed by atoms with Crippen LogP contribution in [-0.4, -0.2) is 11.8 Å². The van der Waals surface area contributed by atoms with E-state index in [1.807, 2.05) is 49.4 Å². The molecule has 0 N–H and O–H groups in total. The highest BCUT2D eigenvalue weighted by atomic mass is 16.5. The Morgan fingerprint density at radius 1 is 1.05 bits per heavy atom. The molecule has 4 heteroatoms. The standard InChI is InChI=1S/C18H14N2O2/c1-2-21-16-9-7-14(8-10-16)17-11-18(22-20-17)15-5-3-13(12-19)4-6-15/h3-11H,2H2,1H3. The summed E-state index contributed by atoms with van der Waals surface area (Å²) in [7, 11) is 0. The van der Waals surface area contributed by atoms with Gasteiger partial charge in [0.2, 0.25) is 0 Å². The van der Waals surface area contributed by atoms with Crippen molar-refractivity contribution in [3.63, 3.8) is 0 Å². The van der Waals surface area contributed by atoms with Crippen molar-refractivity contribution in [2.24, 2.45) is 0 Å². The van der Waals surface area contributed by atoms with Gasteiger partial charge in [-0.3, -0.25) is 0 Å². The van der Waals surface area contributed by atoms with Crippen molar-refractivity contribution >= 4 is 0 Å². The smallest absolute Gasteiger partial charge is 0.167 e. The Morgan fingerprint density at radius 3 is 2.36 bits per heavy atom. The SMILES string of the molecule is CCOc1ccc(-c2cc(-c3ccc(C#N)cc3)on2)cc1. The third-order valence-corrected chi connectivity index (χ3v) is 3.27. The molecule has 2 aromatic carbocycles. The molecule has 1 heterocycles. The van der Waals surface area contributed by atoms with Crippen molar-refractivity contribution < 1.29 is 9.26 Å². The quantitative estimate of drug-likeness (QED) is 0.719. The van der Waals surface area contributed by atoms with Crippen LogP contribution in [0.25, 0.3) is 22.6 Å². The van der Waals surface area contributed by atoms with Gasteiger partial charge in [-0.05, 0) is 55.5 Å². The van der Waals surface area contributed by atoms with E-state index >= 15 is 0 Å². The highest BCUT2D eigenvalue weighted by molar-refractivity contribution is 5.67. The second kappa shape index (κ2) is 6.15. The molecular formula is C18H14N2O2. The highest BCUT2D eigenvalue weighted by Crippen LogP contribution is 2.27. The molecule has 0 saturated heterocycles. The minimum Gasteiger partial charge on any atom is -0.494 e. The Labute approximate surface area is 128 Å². The fourth-order valence-corrected chi connectivity index (χ4v) is 2.14. The van der Waals surface area contributed by atoms with Crippen LogP contribution >= 0.6 is 0 Å². The first-order valence-corrected chi connectivity index (χ1v) is 7.00. The highest BCUT2D eigenvalue weighted by Gasteiger charge is 2.09. The summed E-state index contributed by atoms with van der Waals surface area (Å²) in [5.41, 5.74) is 3.24. The van der Waals surface area contributed by atoms with Crippen molar-refractivity contribution in [2.75, 3.05) is 6.61 Å². The molecule has 0 spiro atoms. The van der Waals surface area contributed by atoms with Gasteiger partial charge in [0.25, 0.3) is 0 Å². The van der Waals surface area contributed by atoms with Crippen LogP contribution in [-0.2, 0) is 0 Å². The van der Waals surface area contributed by atoms with Gasteiger partial charge in [0.15, 0.2) is 5.76 Å². The van der Waals surface area contributed by atoms with E-state index in [1.165, 1.54) is 0 Å². The van der Waals surface area contributed by atoms with Crippen LogP contribution < -0.4 is 4.74 Å². The molecule has 0 aliphatic carbocycles. The molecule has 1 aromatic heterocycles. The molecule has 0 atom stereocenters. The second-order valence-corrected chi connectivity index (χ2v) is 4.72. The average molecular weight is 290 g/mol. The number of hydrogen-bond donors (Lipinski definition) is 0. The normalized spacial score (nSPS) is 10.2. The third kappa shape index (κ3) is 2.84. The molecule has 4 nitrogen and oxygen atoms in total. The predicted octanol–water partition coefficient (Wildman–Crippen LogP) is 4.28. The summed E-state index contributed by atoms with van der Waals surface area (Å²) in [4.78, 5) is 0. The van der Waals surface area contributed by atoms with Gasteiger partial charge in [-0.15, -0.1) is 0 Å². The van der Waals surface area contributed by atoms with E-state index in [1.54, 1.807) is 12.1 Å². The maximum absolute atomic E-state index is 8.82. The van der Waals surface area contributed by atoms with Crippen molar-refractivity contribution in [2.45, 2.75) is 6.92 Å². The van der Waals surface area contributed by atoms with Gasteiger partial charge in [-0.1, -0.05) is 5.16 Å². The lowest BCUT2D eigenvalue weighted by molar-refractivity contribution is 0.340. The molecule has 0 aliphatic heterocycles. The van der Waals surface area contributed by atoms with Crippen molar-refractivity contribution in [1.29, 1.82) is 5.26 Å². The van der Waals surface area contributed by atoms with Crippen LogP contribution in [0.15, 0.2) is 59.1 Å². The molecule has 3 aromatic rings. The fourth-order valence-electron chi connectivity index (χ4n) is 2.14. The lowest BCUT2D eigenvalue weighted by Gasteiger charge is -2.02. The third-order valence-electron chi connectivity index (χ3n) is 3.27. The molecule has 0 radical (unpaired) electrons. The number of aromatic nitrogens is 1. The first-order valence-electron chi connectivity index (χ1n) is 7.00. The molecule has 3 rings (SSSR count). The van der Waals surface area contributed by atoms with Crippen LogP contribution in [0.5, 0.6) is 5.75 Å². The van der Waals surface area contributed by atoms with E-state index in [4.69, 9.17) is 14.5 Å². The van der Waals surface area contributed by atoms with Crippen LogP contribution in [0.3, 0.4) is 0 Å². The fraction of sp³-hybridized carbons (Fsp3) is 0.111. The number of benzene rings is 2. The maximum atomic E-state index is 8.82. The largest absolute Gasteiger partial charge is 0.494 e. The Balaban J connectivity index is 1.85. The molecule has 0 bridgehead atoms. The van der Waals surface area contributed by atoms with E-state index < -0.39 is 0 Å². The van der Waals surface area contributed by atoms with Crippen molar-refractivity contribution in [3.8, 4) is 34.4 Å². The summed E-state index contributed by atoms with van der Waals surface area (Å²) in [6, 6.07) is 18.9. The van der Waals surface area contributed by atoms with Crippen LogP contribution in [0.2, 0.25) is 0 Å². The van der Waals surface area contributed by atoms with E-state index in [0.29, 0.717) is 17.9 Å². The van der Waals surface area contributed by atoms with Gasteiger partial charge in [-0.25, -0.2) is 0 Å². The van der Waals surface area contributed by atoms with E-state index in [2.05, 4.69) is 11.2 Å². The van der Waals surface area contributed by atoms with Crippen LogP contribution in [0.1, 0.15) is 12.5 Å². The first-order chi connectivity index (χ1) is 10.8. The number of hydrogen-bond acceptors (Lipinski definition) is 4. The average Bonchev–Trinajstić information content (AvgIpc) is 3.06. The van der Waals surface area contributed by atoms with Gasteiger partial charge in [0.05, 0.1) is 18.2 Å². The minimum atomic E-state index is 0.620. The van der Waals surface area contributed by atoms with Gasteiger partial charge in [-0.2, -0.15) is 5.26 Å². The summed E-state index contributed by atoms with van der Waals surface area (Å²) in [5.74, 6) is 1.51. The Kier molecular flexibility index (Phi) is 3.88. The Morgan fingerprint density at radius 2 is 1.73 bits per heavy atom. The molecule has 0 amide bonds. The maximum Gasteiger partial charge on any atom is 0.167 e. The molecule has 0 aliphatic rings. The Hall–Kier alpha value is -3.06. The number of nitriles is 1. The second-order valence-electron chi connectivity index (χ2n) is 4.72. The zero-order valence-electron chi connectivity index (χ0n) is 12.1. The molecule has 0 saturated carbocycles. The van der Waals surface area contributed by atoms with Gasteiger partial charge < -0.3 is 9.26 Å². The Bertz CT molecular complexity index is 796. The predicted molar refractivity (Wildman–Crippen MR) is 83.3 cm³/mol. The summed E-state index contributed by atoms with van der Waals surface area (Å²) in [6.07, 6.45) is 0.